The van der Waals surface area contributed by atoms with Crippen LogP contribution in [-0.4, -0.2) is 37.2 Å². The van der Waals surface area contributed by atoms with Gasteiger partial charge < -0.3 is 10.5 Å². The molecule has 1 saturated heterocycles. The molecule has 0 saturated carbocycles. The first-order chi connectivity index (χ1) is 8.65. The summed E-state index contributed by atoms with van der Waals surface area (Å²) in [5.41, 5.74) is 7.11. The number of piperidine rings is 1. The fourth-order valence-electron chi connectivity index (χ4n) is 2.18. The van der Waals surface area contributed by atoms with E-state index >= 15 is 0 Å². The van der Waals surface area contributed by atoms with Crippen molar-refractivity contribution >= 4 is 15.9 Å². The van der Waals surface area contributed by atoms with Gasteiger partial charge in [-0.2, -0.15) is 0 Å². The lowest BCUT2D eigenvalue weighted by Crippen LogP contribution is -2.41. The quantitative estimate of drug-likeness (QED) is 0.928. The van der Waals surface area contributed by atoms with Crippen molar-refractivity contribution in [3.63, 3.8) is 0 Å². The fraction of sp³-hybridized carbons (Fsp3) is 0.571. The molecule has 1 heterocycles. The lowest BCUT2D eigenvalue weighted by Gasteiger charge is -2.29. The number of likely N-dealkylation sites (tertiary alicyclic amines) is 1. The molecule has 3 nitrogen and oxygen atoms in total. The second-order valence-corrected chi connectivity index (χ2v) is 5.82. The van der Waals surface area contributed by atoms with Gasteiger partial charge in [0.2, 0.25) is 0 Å². The summed E-state index contributed by atoms with van der Waals surface area (Å²) >= 11 is 3.51. The Kier molecular flexibility index (Phi) is 5.03. The number of nitrogens with zero attached hydrogens (tertiary/aromatic N) is 1. The zero-order valence-corrected chi connectivity index (χ0v) is 12.4. The molecule has 2 rings (SSSR count). The van der Waals surface area contributed by atoms with Crippen LogP contribution in [0.3, 0.4) is 0 Å². The predicted octanol–water partition coefficient (Wildman–Crippen LogP) is 2.56. The van der Waals surface area contributed by atoms with Gasteiger partial charge >= 0.3 is 0 Å². The third-order valence-electron chi connectivity index (χ3n) is 3.38. The summed E-state index contributed by atoms with van der Waals surface area (Å²) in [6.07, 6.45) is 2.21. The number of hydrogen-bond acceptors (Lipinski definition) is 3. The predicted molar refractivity (Wildman–Crippen MR) is 78.0 cm³/mol. The highest BCUT2D eigenvalue weighted by molar-refractivity contribution is 9.10. The monoisotopic (exact) mass is 312 g/mol. The molecule has 18 heavy (non-hydrogen) atoms. The van der Waals surface area contributed by atoms with E-state index in [1.54, 1.807) is 0 Å². The number of hydrogen-bond donors (Lipinski definition) is 1. The number of nitrogens with two attached hydrogens (primary N) is 1. The molecule has 1 aromatic carbocycles. The van der Waals surface area contributed by atoms with Crippen molar-refractivity contribution in [1.82, 2.24) is 4.90 Å². The van der Waals surface area contributed by atoms with Crippen molar-refractivity contribution in [2.24, 2.45) is 5.73 Å². The average molecular weight is 313 g/mol. The van der Waals surface area contributed by atoms with E-state index in [1.807, 2.05) is 6.07 Å². The number of benzene rings is 1. The second-order valence-electron chi connectivity index (χ2n) is 4.96. The SMILES string of the molecule is Cc1ccc(Br)c(OCCN2CCC(N)CC2)c1. The van der Waals surface area contributed by atoms with E-state index in [4.69, 9.17) is 10.5 Å². The van der Waals surface area contributed by atoms with Crippen molar-refractivity contribution in [3.05, 3.63) is 28.2 Å². The first-order valence-corrected chi connectivity index (χ1v) is 7.31. The van der Waals surface area contributed by atoms with E-state index in [-0.39, 0.29) is 0 Å². The van der Waals surface area contributed by atoms with Crippen LogP contribution in [0, 0.1) is 6.92 Å². The molecular weight excluding hydrogens is 292 g/mol. The summed E-state index contributed by atoms with van der Waals surface area (Å²) in [7, 11) is 0. The minimum Gasteiger partial charge on any atom is -0.491 e. The third-order valence-corrected chi connectivity index (χ3v) is 4.04. The molecule has 0 atom stereocenters. The Labute approximate surface area is 117 Å². The Morgan fingerprint density at radius 3 is 2.83 bits per heavy atom. The first-order valence-electron chi connectivity index (χ1n) is 6.52. The van der Waals surface area contributed by atoms with Crippen LogP contribution >= 0.6 is 15.9 Å². The number of aryl methyl sites for hydroxylation is 1. The van der Waals surface area contributed by atoms with Crippen molar-refractivity contribution in [2.75, 3.05) is 26.2 Å². The van der Waals surface area contributed by atoms with E-state index < -0.39 is 0 Å². The summed E-state index contributed by atoms with van der Waals surface area (Å²) in [6.45, 7) is 5.98. The van der Waals surface area contributed by atoms with Gasteiger partial charge in [0.15, 0.2) is 0 Å². The Hall–Kier alpha value is -0.580. The summed E-state index contributed by atoms with van der Waals surface area (Å²) in [6, 6.07) is 6.57. The first kappa shape index (κ1) is 13.8. The highest BCUT2D eigenvalue weighted by atomic mass is 79.9. The lowest BCUT2D eigenvalue weighted by atomic mass is 10.1. The standard InChI is InChI=1S/C14H21BrN2O/c1-11-2-3-13(15)14(10-11)18-9-8-17-6-4-12(16)5-7-17/h2-3,10,12H,4-9,16H2,1H3. The molecule has 1 aliphatic rings. The van der Waals surface area contributed by atoms with Crippen LogP contribution in [0.15, 0.2) is 22.7 Å². The van der Waals surface area contributed by atoms with Crippen molar-refractivity contribution in [3.8, 4) is 5.75 Å². The van der Waals surface area contributed by atoms with Gasteiger partial charge in [0.05, 0.1) is 4.47 Å². The zero-order valence-electron chi connectivity index (χ0n) is 10.9. The molecule has 2 N–H and O–H groups in total. The third kappa shape index (κ3) is 3.97. The second kappa shape index (κ2) is 6.55. The van der Waals surface area contributed by atoms with Gasteiger partial charge in [0, 0.05) is 12.6 Å². The van der Waals surface area contributed by atoms with Gasteiger partial charge in [-0.05, 0) is 66.5 Å². The van der Waals surface area contributed by atoms with Crippen LogP contribution in [-0.2, 0) is 0 Å². The van der Waals surface area contributed by atoms with Crippen molar-refractivity contribution < 1.29 is 4.74 Å². The van der Waals surface area contributed by atoms with Gasteiger partial charge in [0.1, 0.15) is 12.4 Å². The summed E-state index contributed by atoms with van der Waals surface area (Å²) < 4.78 is 6.85. The minimum absolute atomic E-state index is 0.396. The van der Waals surface area contributed by atoms with Crippen molar-refractivity contribution in [2.45, 2.75) is 25.8 Å². The zero-order chi connectivity index (χ0) is 13.0. The van der Waals surface area contributed by atoms with Crippen molar-refractivity contribution in [1.29, 1.82) is 0 Å². The molecule has 0 spiro atoms. The minimum atomic E-state index is 0.396. The Morgan fingerprint density at radius 1 is 1.39 bits per heavy atom. The highest BCUT2D eigenvalue weighted by Crippen LogP contribution is 2.25. The highest BCUT2D eigenvalue weighted by Gasteiger charge is 2.15. The van der Waals surface area contributed by atoms with E-state index in [9.17, 15) is 0 Å². The van der Waals surface area contributed by atoms with E-state index in [1.165, 1.54) is 5.56 Å². The van der Waals surface area contributed by atoms with Gasteiger partial charge in [-0.25, -0.2) is 0 Å². The summed E-state index contributed by atoms with van der Waals surface area (Å²) in [5, 5.41) is 0. The molecule has 1 aromatic rings. The molecule has 4 heteroatoms. The Morgan fingerprint density at radius 2 is 2.11 bits per heavy atom. The van der Waals surface area contributed by atoms with E-state index in [0.29, 0.717) is 6.04 Å². The Balaban J connectivity index is 1.76. The molecule has 0 amide bonds. The van der Waals surface area contributed by atoms with Gasteiger partial charge in [0.25, 0.3) is 0 Å². The van der Waals surface area contributed by atoms with Gasteiger partial charge in [-0.1, -0.05) is 6.07 Å². The summed E-state index contributed by atoms with van der Waals surface area (Å²) in [5.74, 6) is 0.934. The average Bonchev–Trinajstić information content (AvgIpc) is 2.36. The van der Waals surface area contributed by atoms with Crippen LogP contribution in [0.2, 0.25) is 0 Å². The topological polar surface area (TPSA) is 38.5 Å². The van der Waals surface area contributed by atoms with Crippen LogP contribution in [0.5, 0.6) is 5.75 Å². The van der Waals surface area contributed by atoms with Gasteiger partial charge in [-0.15, -0.1) is 0 Å². The normalized spacial score (nSPS) is 17.9. The van der Waals surface area contributed by atoms with Gasteiger partial charge in [-0.3, -0.25) is 4.90 Å². The molecule has 1 aliphatic heterocycles. The fourth-order valence-corrected chi connectivity index (χ4v) is 2.54. The molecule has 1 fully saturated rings. The maximum Gasteiger partial charge on any atom is 0.133 e. The van der Waals surface area contributed by atoms with Crippen LogP contribution < -0.4 is 10.5 Å². The maximum absolute atomic E-state index is 5.89. The maximum atomic E-state index is 5.89. The lowest BCUT2D eigenvalue weighted by molar-refractivity contribution is 0.173. The molecular formula is C14H21BrN2O. The van der Waals surface area contributed by atoms with E-state index in [2.05, 4.69) is 39.9 Å². The molecule has 0 aromatic heterocycles. The van der Waals surface area contributed by atoms with Crippen LogP contribution in [0.25, 0.3) is 0 Å². The molecule has 0 aliphatic carbocycles. The summed E-state index contributed by atoms with van der Waals surface area (Å²) in [4.78, 5) is 2.42. The van der Waals surface area contributed by atoms with Crippen LogP contribution in [0.4, 0.5) is 0 Å². The van der Waals surface area contributed by atoms with Crippen LogP contribution in [0.1, 0.15) is 18.4 Å². The molecule has 0 radical (unpaired) electrons. The molecule has 0 unspecified atom stereocenters. The smallest absolute Gasteiger partial charge is 0.133 e. The van der Waals surface area contributed by atoms with E-state index in [0.717, 1.165) is 49.3 Å². The largest absolute Gasteiger partial charge is 0.491 e. The number of rotatable bonds is 4. The molecule has 0 bridgehead atoms. The molecule has 100 valence electrons. The number of halogens is 1. The number of ether oxygens (including phenoxy) is 1. The Bertz CT molecular complexity index is 389.